The van der Waals surface area contributed by atoms with E-state index >= 15 is 0 Å². The molecule has 2 nitrogen and oxygen atoms in total. The Morgan fingerprint density at radius 2 is 2.25 bits per heavy atom. The summed E-state index contributed by atoms with van der Waals surface area (Å²) in [6, 6.07) is 8.56. The molecule has 2 heteroatoms. The minimum Gasteiger partial charge on any atom is -0.335 e. The van der Waals surface area contributed by atoms with Gasteiger partial charge in [-0.2, -0.15) is 0 Å². The van der Waals surface area contributed by atoms with Gasteiger partial charge in [0, 0.05) is 19.2 Å². The van der Waals surface area contributed by atoms with E-state index in [4.69, 9.17) is 0 Å². The summed E-state index contributed by atoms with van der Waals surface area (Å²) in [6.45, 7) is 3.75. The van der Waals surface area contributed by atoms with Crippen LogP contribution in [0.5, 0.6) is 0 Å². The second kappa shape index (κ2) is 4.97. The summed E-state index contributed by atoms with van der Waals surface area (Å²) in [6.07, 6.45) is 5.67. The average molecular weight is 215 g/mol. The van der Waals surface area contributed by atoms with Gasteiger partial charge in [-0.1, -0.05) is 35.9 Å². The van der Waals surface area contributed by atoms with Crippen molar-refractivity contribution in [3.05, 3.63) is 47.5 Å². The molecule has 16 heavy (non-hydrogen) atoms. The van der Waals surface area contributed by atoms with E-state index in [9.17, 15) is 4.79 Å². The van der Waals surface area contributed by atoms with Crippen LogP contribution in [0.25, 0.3) is 0 Å². The van der Waals surface area contributed by atoms with Crippen molar-refractivity contribution in [1.82, 2.24) is 4.90 Å². The summed E-state index contributed by atoms with van der Waals surface area (Å²) in [5, 5.41) is 0. The smallest absolute Gasteiger partial charge is 0.246 e. The standard InChI is InChI=1S/C14H17NO/c1-12-5-2-6-13(11-12)7-3-9-15-10-4-8-14(15)16/h2,4-6,8,11H,3,7,9-10H2,1H3. The van der Waals surface area contributed by atoms with Crippen LogP contribution in [-0.4, -0.2) is 23.9 Å². The lowest BCUT2D eigenvalue weighted by Gasteiger charge is -2.15. The van der Waals surface area contributed by atoms with Gasteiger partial charge in [0.25, 0.3) is 0 Å². The Balaban J connectivity index is 1.78. The molecule has 0 atom stereocenters. The molecule has 1 aliphatic heterocycles. The molecule has 0 unspecified atom stereocenters. The number of carbonyl (C=O) groups is 1. The van der Waals surface area contributed by atoms with Gasteiger partial charge in [0.1, 0.15) is 0 Å². The van der Waals surface area contributed by atoms with Crippen LogP contribution in [0, 0.1) is 6.92 Å². The normalized spacial score (nSPS) is 14.8. The SMILES string of the molecule is Cc1cccc(CCCN2CC=CC2=O)c1. The lowest BCUT2D eigenvalue weighted by atomic mass is 10.1. The van der Waals surface area contributed by atoms with Crippen molar-refractivity contribution in [2.75, 3.05) is 13.1 Å². The van der Waals surface area contributed by atoms with Gasteiger partial charge in [0.05, 0.1) is 0 Å². The Kier molecular flexibility index (Phi) is 3.40. The Morgan fingerprint density at radius 1 is 1.38 bits per heavy atom. The Morgan fingerprint density at radius 3 is 2.94 bits per heavy atom. The molecule has 0 fully saturated rings. The van der Waals surface area contributed by atoms with E-state index in [1.807, 2.05) is 11.0 Å². The number of benzene rings is 1. The van der Waals surface area contributed by atoms with E-state index in [0.29, 0.717) is 0 Å². The van der Waals surface area contributed by atoms with Crippen LogP contribution in [0.1, 0.15) is 17.5 Å². The van der Waals surface area contributed by atoms with E-state index in [0.717, 1.165) is 25.9 Å². The Labute approximate surface area is 96.6 Å². The zero-order valence-corrected chi connectivity index (χ0v) is 9.65. The Hall–Kier alpha value is -1.57. The van der Waals surface area contributed by atoms with Gasteiger partial charge in [-0.3, -0.25) is 4.79 Å². The molecule has 84 valence electrons. The van der Waals surface area contributed by atoms with Crippen molar-refractivity contribution in [3.63, 3.8) is 0 Å². The van der Waals surface area contributed by atoms with Gasteiger partial charge in [-0.15, -0.1) is 0 Å². The molecule has 2 rings (SSSR count). The van der Waals surface area contributed by atoms with E-state index in [1.54, 1.807) is 6.08 Å². The highest BCUT2D eigenvalue weighted by atomic mass is 16.2. The molecule has 1 aromatic carbocycles. The lowest BCUT2D eigenvalue weighted by molar-refractivity contribution is -0.124. The largest absolute Gasteiger partial charge is 0.335 e. The van der Waals surface area contributed by atoms with Crippen LogP contribution in [0.15, 0.2) is 36.4 Å². The predicted octanol–water partition coefficient (Wildman–Crippen LogP) is 2.33. The highest BCUT2D eigenvalue weighted by Crippen LogP contribution is 2.08. The van der Waals surface area contributed by atoms with Gasteiger partial charge in [-0.05, 0) is 25.3 Å². The summed E-state index contributed by atoms with van der Waals surface area (Å²) in [4.78, 5) is 13.2. The highest BCUT2D eigenvalue weighted by molar-refractivity contribution is 5.89. The lowest BCUT2D eigenvalue weighted by Crippen LogP contribution is -2.26. The fraction of sp³-hybridized carbons (Fsp3) is 0.357. The number of nitrogens with zero attached hydrogens (tertiary/aromatic N) is 1. The maximum Gasteiger partial charge on any atom is 0.246 e. The summed E-state index contributed by atoms with van der Waals surface area (Å²) in [5.74, 6) is 0.157. The maximum absolute atomic E-state index is 11.3. The van der Waals surface area contributed by atoms with Gasteiger partial charge in [-0.25, -0.2) is 0 Å². The summed E-state index contributed by atoms with van der Waals surface area (Å²) in [5.41, 5.74) is 2.66. The molecule has 1 aliphatic rings. The van der Waals surface area contributed by atoms with Crippen molar-refractivity contribution in [3.8, 4) is 0 Å². The molecule has 1 amide bonds. The third kappa shape index (κ3) is 2.72. The third-order valence-corrected chi connectivity index (χ3v) is 2.87. The number of hydrogen-bond acceptors (Lipinski definition) is 1. The molecule has 1 aromatic rings. The molecule has 1 heterocycles. The third-order valence-electron chi connectivity index (χ3n) is 2.87. The number of carbonyl (C=O) groups excluding carboxylic acids is 1. The first-order chi connectivity index (χ1) is 7.75. The van der Waals surface area contributed by atoms with Crippen molar-refractivity contribution in [2.45, 2.75) is 19.8 Å². The maximum atomic E-state index is 11.3. The van der Waals surface area contributed by atoms with Crippen molar-refractivity contribution < 1.29 is 4.79 Å². The molecule has 0 aromatic heterocycles. The van der Waals surface area contributed by atoms with Gasteiger partial charge in [0.2, 0.25) is 5.91 Å². The monoisotopic (exact) mass is 215 g/mol. The molecule has 0 N–H and O–H groups in total. The minimum absolute atomic E-state index is 0.157. The molecule has 0 saturated heterocycles. The van der Waals surface area contributed by atoms with E-state index in [1.165, 1.54) is 11.1 Å². The zero-order chi connectivity index (χ0) is 11.4. The van der Waals surface area contributed by atoms with E-state index < -0.39 is 0 Å². The number of hydrogen-bond donors (Lipinski definition) is 0. The van der Waals surface area contributed by atoms with Crippen molar-refractivity contribution in [2.24, 2.45) is 0 Å². The van der Waals surface area contributed by atoms with Crippen LogP contribution in [-0.2, 0) is 11.2 Å². The summed E-state index contributed by atoms with van der Waals surface area (Å²) in [7, 11) is 0. The van der Waals surface area contributed by atoms with Gasteiger partial charge < -0.3 is 4.90 Å². The fourth-order valence-corrected chi connectivity index (χ4v) is 2.02. The molecular weight excluding hydrogens is 198 g/mol. The fourth-order valence-electron chi connectivity index (χ4n) is 2.02. The summed E-state index contributed by atoms with van der Waals surface area (Å²) < 4.78 is 0. The average Bonchev–Trinajstić information content (AvgIpc) is 2.65. The van der Waals surface area contributed by atoms with E-state index in [-0.39, 0.29) is 5.91 Å². The highest BCUT2D eigenvalue weighted by Gasteiger charge is 2.13. The molecule has 0 spiro atoms. The van der Waals surface area contributed by atoms with Crippen molar-refractivity contribution >= 4 is 5.91 Å². The first kappa shape index (κ1) is 10.9. The second-order valence-corrected chi connectivity index (χ2v) is 4.28. The summed E-state index contributed by atoms with van der Waals surface area (Å²) >= 11 is 0. The molecule has 0 saturated carbocycles. The van der Waals surface area contributed by atoms with Crippen molar-refractivity contribution in [1.29, 1.82) is 0 Å². The second-order valence-electron chi connectivity index (χ2n) is 4.28. The number of rotatable bonds is 4. The number of aryl methyl sites for hydroxylation is 2. The van der Waals surface area contributed by atoms with Crippen LogP contribution < -0.4 is 0 Å². The minimum atomic E-state index is 0.157. The first-order valence-electron chi connectivity index (χ1n) is 5.77. The number of amides is 1. The molecule has 0 bridgehead atoms. The molecule has 0 radical (unpaired) electrons. The van der Waals surface area contributed by atoms with Crippen LogP contribution in [0.3, 0.4) is 0 Å². The quantitative estimate of drug-likeness (QED) is 0.755. The van der Waals surface area contributed by atoms with E-state index in [2.05, 4.69) is 31.2 Å². The van der Waals surface area contributed by atoms with Gasteiger partial charge in [0.15, 0.2) is 0 Å². The van der Waals surface area contributed by atoms with Crippen LogP contribution in [0.2, 0.25) is 0 Å². The topological polar surface area (TPSA) is 20.3 Å². The predicted molar refractivity (Wildman–Crippen MR) is 65.2 cm³/mol. The van der Waals surface area contributed by atoms with Gasteiger partial charge >= 0.3 is 0 Å². The first-order valence-corrected chi connectivity index (χ1v) is 5.77. The van der Waals surface area contributed by atoms with Crippen LogP contribution >= 0.6 is 0 Å². The molecule has 0 aliphatic carbocycles. The molecular formula is C14H17NO. The van der Waals surface area contributed by atoms with Crippen LogP contribution in [0.4, 0.5) is 0 Å². The zero-order valence-electron chi connectivity index (χ0n) is 9.65. The Bertz CT molecular complexity index is 409.